The van der Waals surface area contributed by atoms with Gasteiger partial charge in [0.2, 0.25) is 5.91 Å². The van der Waals surface area contributed by atoms with E-state index in [0.717, 1.165) is 0 Å². The zero-order chi connectivity index (χ0) is 17.1. The Labute approximate surface area is 149 Å². The monoisotopic (exact) mass is 382 g/mol. The van der Waals surface area contributed by atoms with Gasteiger partial charge in [-0.3, -0.25) is 4.79 Å². The summed E-state index contributed by atoms with van der Waals surface area (Å²) in [5, 5.41) is 5.86. The van der Waals surface area contributed by atoms with Crippen LogP contribution in [0.2, 0.25) is 5.02 Å². The van der Waals surface area contributed by atoms with Crippen LogP contribution in [0.25, 0.3) is 11.0 Å². The van der Waals surface area contributed by atoms with E-state index < -0.39 is 5.97 Å². The molecule has 0 fully saturated rings. The molecule has 124 valence electrons. The van der Waals surface area contributed by atoms with Crippen molar-refractivity contribution in [1.82, 2.24) is 15.0 Å². The Hall–Kier alpha value is -2.10. The molecular formula is C14H11ClN4O3S2. The standard InChI is InChI=1S/C14H11ClN4O3S2/c1-22-12(21)7-4-9-10(5-8(7)15)18-14(17-9)24-6-11(20)19-13-16-2-3-23-13/h2-5H,6H2,1H3,(H,17,18)(H,16,19,20). The van der Waals surface area contributed by atoms with Gasteiger partial charge in [-0.25, -0.2) is 14.8 Å². The number of ether oxygens (including phenoxy) is 1. The highest BCUT2D eigenvalue weighted by molar-refractivity contribution is 7.99. The zero-order valence-corrected chi connectivity index (χ0v) is 14.7. The summed E-state index contributed by atoms with van der Waals surface area (Å²) in [5.74, 6) is -0.526. The summed E-state index contributed by atoms with van der Waals surface area (Å²) in [6, 6.07) is 3.16. The molecule has 3 aromatic rings. The van der Waals surface area contributed by atoms with E-state index in [1.54, 1.807) is 23.7 Å². The lowest BCUT2D eigenvalue weighted by molar-refractivity contribution is -0.113. The summed E-state index contributed by atoms with van der Waals surface area (Å²) in [6.45, 7) is 0. The number of halogens is 1. The summed E-state index contributed by atoms with van der Waals surface area (Å²) in [6.07, 6.45) is 1.62. The molecule has 0 aliphatic carbocycles. The van der Waals surface area contributed by atoms with Crippen LogP contribution in [0.3, 0.4) is 0 Å². The summed E-state index contributed by atoms with van der Waals surface area (Å²) < 4.78 is 4.68. The molecule has 0 saturated heterocycles. The summed E-state index contributed by atoms with van der Waals surface area (Å²) >= 11 is 8.66. The van der Waals surface area contributed by atoms with Crippen LogP contribution in [0.15, 0.2) is 28.9 Å². The number of thiazole rings is 1. The molecule has 0 bridgehead atoms. The van der Waals surface area contributed by atoms with Crippen LogP contribution < -0.4 is 5.32 Å². The zero-order valence-electron chi connectivity index (χ0n) is 12.3. The first-order valence-corrected chi connectivity index (χ1v) is 8.91. The maximum absolute atomic E-state index is 11.8. The molecular weight excluding hydrogens is 372 g/mol. The Kier molecular flexibility index (Phi) is 5.03. The number of aromatic nitrogens is 3. The van der Waals surface area contributed by atoms with Crippen molar-refractivity contribution in [3.05, 3.63) is 34.3 Å². The van der Waals surface area contributed by atoms with Crippen LogP contribution in [-0.2, 0) is 9.53 Å². The minimum absolute atomic E-state index is 0.177. The number of thioether (sulfide) groups is 1. The van der Waals surface area contributed by atoms with Crippen LogP contribution in [0.1, 0.15) is 10.4 Å². The van der Waals surface area contributed by atoms with Gasteiger partial charge in [0, 0.05) is 11.6 Å². The molecule has 3 rings (SSSR count). The molecule has 0 atom stereocenters. The number of fused-ring (bicyclic) bond motifs is 1. The summed E-state index contributed by atoms with van der Waals surface area (Å²) in [7, 11) is 1.29. The minimum Gasteiger partial charge on any atom is -0.465 e. The number of esters is 1. The average Bonchev–Trinajstić information content (AvgIpc) is 3.20. The van der Waals surface area contributed by atoms with Gasteiger partial charge in [-0.05, 0) is 12.1 Å². The quantitative estimate of drug-likeness (QED) is 0.519. The number of H-pyrrole nitrogens is 1. The largest absolute Gasteiger partial charge is 0.465 e. The summed E-state index contributed by atoms with van der Waals surface area (Å²) in [4.78, 5) is 34.9. The molecule has 1 aromatic carbocycles. The highest BCUT2D eigenvalue weighted by Crippen LogP contribution is 2.26. The van der Waals surface area contributed by atoms with Crippen LogP contribution in [-0.4, -0.2) is 39.7 Å². The molecule has 2 N–H and O–H groups in total. The van der Waals surface area contributed by atoms with E-state index in [1.807, 2.05) is 0 Å². The fourth-order valence-electron chi connectivity index (χ4n) is 1.92. The predicted octanol–water partition coefficient (Wildman–Crippen LogP) is 3.19. The van der Waals surface area contributed by atoms with Crippen molar-refractivity contribution < 1.29 is 14.3 Å². The summed E-state index contributed by atoms with van der Waals surface area (Å²) in [5.41, 5.74) is 1.49. The van der Waals surface area contributed by atoms with Crippen molar-refractivity contribution in [3.8, 4) is 0 Å². The smallest absolute Gasteiger partial charge is 0.339 e. The third-order valence-corrected chi connectivity index (χ3v) is 4.85. The lowest BCUT2D eigenvalue weighted by Crippen LogP contribution is -2.13. The highest BCUT2D eigenvalue weighted by atomic mass is 35.5. The second-order valence-corrected chi connectivity index (χ2v) is 6.82. The first-order valence-electron chi connectivity index (χ1n) is 6.66. The van der Waals surface area contributed by atoms with Crippen molar-refractivity contribution in [2.24, 2.45) is 0 Å². The number of anilines is 1. The third-order valence-electron chi connectivity index (χ3n) is 2.97. The Balaban J connectivity index is 1.71. The van der Waals surface area contributed by atoms with E-state index in [2.05, 4.69) is 25.0 Å². The van der Waals surface area contributed by atoms with Gasteiger partial charge in [0.1, 0.15) is 0 Å². The number of methoxy groups -OCH3 is 1. The predicted molar refractivity (Wildman–Crippen MR) is 93.9 cm³/mol. The molecule has 10 heteroatoms. The number of amides is 1. The molecule has 2 heterocycles. The first kappa shape index (κ1) is 16.7. The van der Waals surface area contributed by atoms with E-state index in [1.165, 1.54) is 30.2 Å². The van der Waals surface area contributed by atoms with Gasteiger partial charge in [-0.15, -0.1) is 11.3 Å². The lowest BCUT2D eigenvalue weighted by Gasteiger charge is -2.01. The third kappa shape index (κ3) is 3.69. The fraction of sp³-hybridized carbons (Fsp3) is 0.143. The molecule has 0 unspecified atom stereocenters. The molecule has 1 amide bonds. The number of imidazole rings is 1. The normalized spacial score (nSPS) is 10.8. The Morgan fingerprint density at radius 3 is 3.00 bits per heavy atom. The lowest BCUT2D eigenvalue weighted by atomic mass is 10.2. The molecule has 7 nitrogen and oxygen atoms in total. The van der Waals surface area contributed by atoms with Gasteiger partial charge in [0.05, 0.1) is 34.5 Å². The number of carbonyl (C=O) groups is 2. The highest BCUT2D eigenvalue weighted by Gasteiger charge is 2.15. The number of benzene rings is 1. The van der Waals surface area contributed by atoms with Crippen molar-refractivity contribution in [1.29, 1.82) is 0 Å². The van der Waals surface area contributed by atoms with Gasteiger partial charge in [-0.2, -0.15) is 0 Å². The maximum atomic E-state index is 11.8. The van der Waals surface area contributed by atoms with Gasteiger partial charge in [-0.1, -0.05) is 23.4 Å². The number of nitrogens with one attached hydrogen (secondary N) is 2. The molecule has 0 aliphatic rings. The van der Waals surface area contributed by atoms with Crippen molar-refractivity contribution in [3.63, 3.8) is 0 Å². The molecule has 24 heavy (non-hydrogen) atoms. The number of hydrogen-bond acceptors (Lipinski definition) is 7. The second kappa shape index (κ2) is 7.20. The fourth-order valence-corrected chi connectivity index (χ4v) is 3.39. The van der Waals surface area contributed by atoms with E-state index in [4.69, 9.17) is 11.6 Å². The Morgan fingerprint density at radius 2 is 2.29 bits per heavy atom. The number of carbonyl (C=O) groups excluding carboxylic acids is 2. The molecule has 0 aliphatic heterocycles. The van der Waals surface area contributed by atoms with Crippen LogP contribution in [0.5, 0.6) is 0 Å². The van der Waals surface area contributed by atoms with Gasteiger partial charge < -0.3 is 15.0 Å². The van der Waals surface area contributed by atoms with E-state index in [0.29, 0.717) is 21.3 Å². The second-order valence-electron chi connectivity index (χ2n) is 4.56. The topological polar surface area (TPSA) is 97.0 Å². The molecule has 0 radical (unpaired) electrons. The van der Waals surface area contributed by atoms with Gasteiger partial charge in [0.15, 0.2) is 10.3 Å². The average molecular weight is 383 g/mol. The van der Waals surface area contributed by atoms with Crippen molar-refractivity contribution in [2.75, 3.05) is 18.2 Å². The number of aromatic amines is 1. The Bertz CT molecular complexity index is 895. The Morgan fingerprint density at radius 1 is 1.46 bits per heavy atom. The molecule has 0 spiro atoms. The number of rotatable bonds is 5. The van der Waals surface area contributed by atoms with Crippen molar-refractivity contribution >= 4 is 62.7 Å². The van der Waals surface area contributed by atoms with Crippen LogP contribution in [0.4, 0.5) is 5.13 Å². The number of hydrogen-bond donors (Lipinski definition) is 2. The van der Waals surface area contributed by atoms with Gasteiger partial charge in [0.25, 0.3) is 0 Å². The SMILES string of the molecule is COC(=O)c1cc2nc(SCC(=O)Nc3nccs3)[nH]c2cc1Cl. The molecule has 0 saturated carbocycles. The van der Waals surface area contributed by atoms with E-state index >= 15 is 0 Å². The van der Waals surface area contributed by atoms with Crippen LogP contribution >= 0.6 is 34.7 Å². The van der Waals surface area contributed by atoms with Crippen LogP contribution in [0, 0.1) is 0 Å². The van der Waals surface area contributed by atoms with Gasteiger partial charge >= 0.3 is 5.97 Å². The maximum Gasteiger partial charge on any atom is 0.339 e. The molecule has 2 aromatic heterocycles. The minimum atomic E-state index is -0.526. The van der Waals surface area contributed by atoms with Crippen molar-refractivity contribution in [2.45, 2.75) is 5.16 Å². The number of nitrogens with zero attached hydrogens (tertiary/aromatic N) is 2. The van der Waals surface area contributed by atoms with E-state index in [9.17, 15) is 9.59 Å². The van der Waals surface area contributed by atoms with E-state index in [-0.39, 0.29) is 22.2 Å². The first-order chi connectivity index (χ1) is 11.6.